The molecule has 0 saturated carbocycles. The molecule has 1 aliphatic rings. The number of hydrogen-bond donors (Lipinski definition) is 1. The van der Waals surface area contributed by atoms with Crippen molar-refractivity contribution in [1.82, 2.24) is 4.90 Å². The minimum Gasteiger partial charge on any atom is -0.389 e. The zero-order chi connectivity index (χ0) is 14.7. The molecule has 0 aliphatic carbocycles. The third kappa shape index (κ3) is 3.44. The fourth-order valence-electron chi connectivity index (χ4n) is 2.51. The molecular weight excluding hydrogens is 276 g/mol. The van der Waals surface area contributed by atoms with Crippen LogP contribution < -0.4 is 4.90 Å². The average Bonchev–Trinajstić information content (AvgIpc) is 2.64. The Labute approximate surface area is 124 Å². The Balaban J connectivity index is 2.13. The minimum atomic E-state index is -0.515. The number of amides is 1. The van der Waals surface area contributed by atoms with Gasteiger partial charge in [0.15, 0.2) is 0 Å². The largest absolute Gasteiger partial charge is 0.389 e. The van der Waals surface area contributed by atoms with Gasteiger partial charge in [-0.15, -0.1) is 0 Å². The third-order valence-corrected chi connectivity index (χ3v) is 4.04. The second kappa shape index (κ2) is 6.46. The van der Waals surface area contributed by atoms with Gasteiger partial charge in [0.2, 0.25) is 5.91 Å². The maximum atomic E-state index is 11.4. The number of aliphatic hydroxyl groups is 1. The molecule has 1 fully saturated rings. The van der Waals surface area contributed by atoms with Gasteiger partial charge in [-0.05, 0) is 31.0 Å². The predicted octanol–water partition coefficient (Wildman–Crippen LogP) is 2.45. The summed E-state index contributed by atoms with van der Waals surface area (Å²) >= 11 is 6.33. The molecule has 4 nitrogen and oxygen atoms in total. The highest BCUT2D eigenvalue weighted by atomic mass is 35.5. The van der Waals surface area contributed by atoms with Crippen molar-refractivity contribution in [2.24, 2.45) is 0 Å². The van der Waals surface area contributed by atoms with Gasteiger partial charge in [-0.25, -0.2) is 0 Å². The fraction of sp³-hybridized carbons (Fsp3) is 0.533. The molecule has 5 heteroatoms. The first-order valence-corrected chi connectivity index (χ1v) is 7.35. The molecule has 2 rings (SSSR count). The summed E-state index contributed by atoms with van der Waals surface area (Å²) in [5.74, 6) is 0.127. The van der Waals surface area contributed by atoms with Crippen LogP contribution in [0.25, 0.3) is 0 Å². The SMILES string of the molecule is CC(=O)N1CCCN(c2ccc([C@@H](C)O)cc2Cl)CC1. The topological polar surface area (TPSA) is 43.8 Å². The zero-order valence-corrected chi connectivity index (χ0v) is 12.7. The molecule has 0 spiro atoms. The summed E-state index contributed by atoms with van der Waals surface area (Å²) in [6, 6.07) is 5.67. The van der Waals surface area contributed by atoms with Gasteiger partial charge < -0.3 is 14.9 Å². The van der Waals surface area contributed by atoms with Gasteiger partial charge in [-0.2, -0.15) is 0 Å². The lowest BCUT2D eigenvalue weighted by molar-refractivity contribution is -0.128. The van der Waals surface area contributed by atoms with E-state index in [1.54, 1.807) is 13.8 Å². The van der Waals surface area contributed by atoms with Gasteiger partial charge in [0.25, 0.3) is 0 Å². The zero-order valence-electron chi connectivity index (χ0n) is 12.0. The van der Waals surface area contributed by atoms with E-state index in [4.69, 9.17) is 11.6 Å². The molecule has 1 heterocycles. The van der Waals surface area contributed by atoms with Crippen molar-refractivity contribution in [3.63, 3.8) is 0 Å². The van der Waals surface area contributed by atoms with Crippen LogP contribution in [0.4, 0.5) is 5.69 Å². The van der Waals surface area contributed by atoms with Crippen LogP contribution in [-0.4, -0.2) is 42.1 Å². The highest BCUT2D eigenvalue weighted by molar-refractivity contribution is 6.33. The van der Waals surface area contributed by atoms with Crippen LogP contribution >= 0.6 is 11.6 Å². The molecule has 110 valence electrons. The van der Waals surface area contributed by atoms with E-state index in [-0.39, 0.29) is 5.91 Å². The van der Waals surface area contributed by atoms with Gasteiger partial charge in [-0.3, -0.25) is 4.79 Å². The molecule has 1 aliphatic heterocycles. The Morgan fingerprint density at radius 3 is 2.65 bits per heavy atom. The quantitative estimate of drug-likeness (QED) is 0.912. The summed E-state index contributed by atoms with van der Waals surface area (Å²) in [4.78, 5) is 15.5. The maximum Gasteiger partial charge on any atom is 0.219 e. The van der Waals surface area contributed by atoms with E-state index in [2.05, 4.69) is 4.90 Å². The predicted molar refractivity (Wildman–Crippen MR) is 81.2 cm³/mol. The maximum absolute atomic E-state index is 11.4. The number of rotatable bonds is 2. The normalized spacial score (nSPS) is 17.8. The van der Waals surface area contributed by atoms with E-state index in [1.165, 1.54) is 0 Å². The van der Waals surface area contributed by atoms with E-state index in [0.29, 0.717) is 5.02 Å². The number of hydrogen-bond acceptors (Lipinski definition) is 3. The highest BCUT2D eigenvalue weighted by Crippen LogP contribution is 2.29. The first-order chi connectivity index (χ1) is 9.49. The standard InChI is InChI=1S/C15H21ClN2O2/c1-11(19)13-4-5-15(14(16)10-13)18-7-3-6-17(8-9-18)12(2)20/h4-5,10-11,19H,3,6-9H2,1-2H3/t11-/m1/s1. The van der Waals surface area contributed by atoms with Crippen molar-refractivity contribution in [2.45, 2.75) is 26.4 Å². The molecular formula is C15H21ClN2O2. The lowest BCUT2D eigenvalue weighted by Crippen LogP contribution is -2.33. The summed E-state index contributed by atoms with van der Waals surface area (Å²) in [6.45, 7) is 6.53. The van der Waals surface area contributed by atoms with Crippen LogP contribution in [0.3, 0.4) is 0 Å². The number of aliphatic hydroxyl groups excluding tert-OH is 1. The van der Waals surface area contributed by atoms with Gasteiger partial charge >= 0.3 is 0 Å². The molecule has 1 atom stereocenters. The number of halogens is 1. The van der Waals surface area contributed by atoms with Crippen molar-refractivity contribution >= 4 is 23.2 Å². The van der Waals surface area contributed by atoms with E-state index in [1.807, 2.05) is 23.1 Å². The van der Waals surface area contributed by atoms with Crippen LogP contribution in [0, 0.1) is 0 Å². The van der Waals surface area contributed by atoms with Gasteiger partial charge in [-0.1, -0.05) is 17.7 Å². The van der Waals surface area contributed by atoms with Crippen LogP contribution in [0.5, 0.6) is 0 Å². The summed E-state index contributed by atoms with van der Waals surface area (Å²) in [7, 11) is 0. The molecule has 1 saturated heterocycles. The van der Waals surface area contributed by atoms with Crippen molar-refractivity contribution in [3.05, 3.63) is 28.8 Å². The Kier molecular flexibility index (Phi) is 4.89. The van der Waals surface area contributed by atoms with Crippen LogP contribution in [0.2, 0.25) is 5.02 Å². The van der Waals surface area contributed by atoms with E-state index in [9.17, 15) is 9.90 Å². The molecule has 0 radical (unpaired) electrons. The first kappa shape index (κ1) is 15.1. The number of carbonyl (C=O) groups excluding carboxylic acids is 1. The van der Waals surface area contributed by atoms with Gasteiger partial charge in [0.05, 0.1) is 16.8 Å². The Bertz CT molecular complexity index is 491. The third-order valence-electron chi connectivity index (χ3n) is 3.74. The van der Waals surface area contributed by atoms with Gasteiger partial charge in [0, 0.05) is 33.1 Å². The molecule has 0 unspecified atom stereocenters. The van der Waals surface area contributed by atoms with E-state index in [0.717, 1.165) is 43.9 Å². The van der Waals surface area contributed by atoms with Crippen LogP contribution in [-0.2, 0) is 4.79 Å². The second-order valence-corrected chi connectivity index (χ2v) is 5.64. The Morgan fingerprint density at radius 1 is 1.30 bits per heavy atom. The van der Waals surface area contributed by atoms with Gasteiger partial charge in [0.1, 0.15) is 0 Å². The molecule has 1 amide bonds. The van der Waals surface area contributed by atoms with Crippen molar-refractivity contribution in [1.29, 1.82) is 0 Å². The Morgan fingerprint density at radius 2 is 2.05 bits per heavy atom. The summed E-state index contributed by atoms with van der Waals surface area (Å²) in [6.07, 6.45) is 0.424. The monoisotopic (exact) mass is 296 g/mol. The Hall–Kier alpha value is -1.26. The van der Waals surface area contributed by atoms with Crippen LogP contribution in [0.1, 0.15) is 31.9 Å². The molecule has 20 heavy (non-hydrogen) atoms. The summed E-state index contributed by atoms with van der Waals surface area (Å²) < 4.78 is 0. The molecule has 1 N–H and O–H groups in total. The average molecular weight is 297 g/mol. The van der Waals surface area contributed by atoms with Crippen molar-refractivity contribution < 1.29 is 9.90 Å². The molecule has 1 aromatic rings. The molecule has 0 aromatic heterocycles. The second-order valence-electron chi connectivity index (χ2n) is 5.23. The summed E-state index contributed by atoms with van der Waals surface area (Å²) in [5, 5.41) is 10.2. The smallest absolute Gasteiger partial charge is 0.219 e. The van der Waals surface area contributed by atoms with E-state index < -0.39 is 6.10 Å². The van der Waals surface area contributed by atoms with Crippen molar-refractivity contribution in [3.8, 4) is 0 Å². The first-order valence-electron chi connectivity index (χ1n) is 6.97. The van der Waals surface area contributed by atoms with Crippen LogP contribution in [0.15, 0.2) is 18.2 Å². The fourth-order valence-corrected chi connectivity index (χ4v) is 2.82. The van der Waals surface area contributed by atoms with Crippen molar-refractivity contribution in [2.75, 3.05) is 31.1 Å². The molecule has 0 bridgehead atoms. The highest BCUT2D eigenvalue weighted by Gasteiger charge is 2.18. The number of carbonyl (C=O) groups is 1. The lowest BCUT2D eigenvalue weighted by atomic mass is 10.1. The van der Waals surface area contributed by atoms with E-state index >= 15 is 0 Å². The lowest BCUT2D eigenvalue weighted by Gasteiger charge is -2.24. The number of anilines is 1. The number of nitrogens with zero attached hydrogens (tertiary/aromatic N) is 2. The summed E-state index contributed by atoms with van der Waals surface area (Å²) in [5.41, 5.74) is 1.79. The minimum absolute atomic E-state index is 0.127. The number of benzene rings is 1. The molecule has 1 aromatic carbocycles.